The largest absolute Gasteiger partial charge is 0.466 e. The summed E-state index contributed by atoms with van der Waals surface area (Å²) >= 11 is 1.31. The lowest BCUT2D eigenvalue weighted by molar-refractivity contribution is 0.102. The van der Waals surface area contributed by atoms with E-state index in [-0.39, 0.29) is 11.1 Å². The summed E-state index contributed by atoms with van der Waals surface area (Å²) in [6.07, 6.45) is 1.69. The Morgan fingerprint density at radius 1 is 1.17 bits per heavy atom. The van der Waals surface area contributed by atoms with Crippen molar-refractivity contribution in [2.24, 2.45) is 0 Å². The molecule has 152 valence electrons. The minimum Gasteiger partial charge on any atom is -0.466 e. The van der Waals surface area contributed by atoms with E-state index in [0.29, 0.717) is 11.7 Å². The molecule has 4 rings (SSSR count). The molecule has 0 fully saturated rings. The molecule has 6 nitrogen and oxygen atoms in total. The number of pyridine rings is 1. The summed E-state index contributed by atoms with van der Waals surface area (Å²) in [5.74, 6) is 1.11. The fourth-order valence-corrected chi connectivity index (χ4v) is 4.05. The number of hydrogen-bond acceptors (Lipinski definition) is 5. The minimum atomic E-state index is -0.473. The Balaban J connectivity index is 1.54. The maximum Gasteiger partial charge on any atom is 0.263 e. The highest BCUT2D eigenvalue weighted by Crippen LogP contribution is 2.29. The van der Waals surface area contributed by atoms with Crippen LogP contribution in [0, 0.1) is 20.8 Å². The van der Waals surface area contributed by atoms with Gasteiger partial charge >= 0.3 is 0 Å². The number of hydrogen-bond donors (Lipinski definition) is 1. The number of furan rings is 1. The Bertz CT molecular complexity index is 1280. The summed E-state index contributed by atoms with van der Waals surface area (Å²) in [5, 5.41) is 5.03. The zero-order valence-corrected chi connectivity index (χ0v) is 17.7. The number of amides is 1. The quantitative estimate of drug-likeness (QED) is 0.504. The van der Waals surface area contributed by atoms with Crippen LogP contribution in [0.25, 0.3) is 11.3 Å². The van der Waals surface area contributed by atoms with Gasteiger partial charge in [0.15, 0.2) is 5.13 Å². The van der Waals surface area contributed by atoms with Gasteiger partial charge in [-0.3, -0.25) is 14.9 Å². The Hall–Kier alpha value is -3.45. The lowest BCUT2D eigenvalue weighted by atomic mass is 10.1. The second-order valence-electron chi connectivity index (χ2n) is 7.16. The van der Waals surface area contributed by atoms with Crippen molar-refractivity contribution in [2.45, 2.75) is 27.3 Å². The molecule has 0 saturated carbocycles. The van der Waals surface area contributed by atoms with E-state index in [2.05, 4.69) is 10.3 Å². The van der Waals surface area contributed by atoms with Crippen molar-refractivity contribution in [2.75, 3.05) is 5.32 Å². The molecular formula is C23H21N3O3S. The molecule has 0 unspecified atom stereocenters. The highest BCUT2D eigenvalue weighted by atomic mass is 32.1. The fourth-order valence-electron chi connectivity index (χ4n) is 3.35. The number of nitrogens with one attached hydrogen (secondary N) is 1. The lowest BCUT2D eigenvalue weighted by Gasteiger charge is -2.08. The van der Waals surface area contributed by atoms with Crippen molar-refractivity contribution in [3.8, 4) is 11.3 Å². The SMILES string of the molecule is Cc1cccc(Cn2cccc(C(=O)Nc3nc(-c4cc(C)oc4C)cs3)c2=O)c1. The smallest absolute Gasteiger partial charge is 0.263 e. The molecule has 1 amide bonds. The summed E-state index contributed by atoms with van der Waals surface area (Å²) in [4.78, 5) is 30.0. The Kier molecular flexibility index (Phi) is 5.37. The first-order valence-corrected chi connectivity index (χ1v) is 10.4. The number of carbonyl (C=O) groups is 1. The van der Waals surface area contributed by atoms with Gasteiger partial charge < -0.3 is 8.98 Å². The molecule has 1 aromatic carbocycles. The van der Waals surface area contributed by atoms with E-state index < -0.39 is 5.91 Å². The number of anilines is 1. The normalized spacial score (nSPS) is 10.9. The van der Waals surface area contributed by atoms with Crippen LogP contribution in [0.5, 0.6) is 0 Å². The highest BCUT2D eigenvalue weighted by Gasteiger charge is 2.16. The number of carbonyl (C=O) groups excluding carboxylic acids is 1. The van der Waals surface area contributed by atoms with Crippen LogP contribution in [-0.2, 0) is 6.54 Å². The zero-order valence-electron chi connectivity index (χ0n) is 16.9. The van der Waals surface area contributed by atoms with E-state index in [1.165, 1.54) is 22.0 Å². The summed E-state index contributed by atoms with van der Waals surface area (Å²) in [6, 6.07) is 13.1. The van der Waals surface area contributed by atoms with Gasteiger partial charge in [0, 0.05) is 17.1 Å². The molecule has 7 heteroatoms. The first kappa shape index (κ1) is 19.8. The molecule has 30 heavy (non-hydrogen) atoms. The van der Waals surface area contributed by atoms with Gasteiger partial charge in [-0.1, -0.05) is 29.8 Å². The number of aryl methyl sites for hydroxylation is 3. The average Bonchev–Trinajstić information content (AvgIpc) is 3.29. The molecule has 0 spiro atoms. The average molecular weight is 420 g/mol. The van der Waals surface area contributed by atoms with E-state index in [4.69, 9.17) is 4.42 Å². The van der Waals surface area contributed by atoms with Gasteiger partial charge in [-0.05, 0) is 44.5 Å². The van der Waals surface area contributed by atoms with Crippen molar-refractivity contribution >= 4 is 22.4 Å². The first-order chi connectivity index (χ1) is 14.4. The molecule has 3 heterocycles. The van der Waals surface area contributed by atoms with Crippen LogP contribution in [0.1, 0.15) is 33.0 Å². The van der Waals surface area contributed by atoms with Crippen molar-refractivity contribution in [3.05, 3.63) is 92.6 Å². The maximum absolute atomic E-state index is 12.8. The van der Waals surface area contributed by atoms with Gasteiger partial charge in [-0.25, -0.2) is 4.98 Å². The van der Waals surface area contributed by atoms with E-state index >= 15 is 0 Å². The van der Waals surface area contributed by atoms with E-state index in [1.807, 2.05) is 56.5 Å². The molecule has 0 radical (unpaired) electrons. The topological polar surface area (TPSA) is 77.1 Å². The molecule has 0 atom stereocenters. The third kappa shape index (κ3) is 4.11. The molecule has 0 saturated heterocycles. The number of nitrogens with zero attached hydrogens (tertiary/aromatic N) is 2. The molecule has 4 aromatic rings. The molecule has 0 bridgehead atoms. The van der Waals surface area contributed by atoms with Gasteiger partial charge in [-0.15, -0.1) is 11.3 Å². The third-order valence-electron chi connectivity index (χ3n) is 4.74. The summed E-state index contributed by atoms with van der Waals surface area (Å²) in [5.41, 5.74) is 3.49. The molecular weight excluding hydrogens is 398 g/mol. The number of aromatic nitrogens is 2. The van der Waals surface area contributed by atoms with E-state index in [9.17, 15) is 9.59 Å². The van der Waals surface area contributed by atoms with E-state index in [0.717, 1.165) is 33.9 Å². The Morgan fingerprint density at radius 3 is 2.73 bits per heavy atom. The molecule has 0 aliphatic rings. The van der Waals surface area contributed by atoms with Gasteiger partial charge in [-0.2, -0.15) is 0 Å². The van der Waals surface area contributed by atoms with Crippen molar-refractivity contribution in [1.29, 1.82) is 0 Å². The lowest BCUT2D eigenvalue weighted by Crippen LogP contribution is -2.29. The molecule has 3 aromatic heterocycles. The number of benzene rings is 1. The fraction of sp³-hybridized carbons (Fsp3) is 0.174. The number of thiazole rings is 1. The van der Waals surface area contributed by atoms with Gasteiger partial charge in [0.05, 0.1) is 12.2 Å². The van der Waals surface area contributed by atoms with Crippen LogP contribution in [0.2, 0.25) is 0 Å². The summed E-state index contributed by atoms with van der Waals surface area (Å²) in [7, 11) is 0. The minimum absolute atomic E-state index is 0.0808. The molecule has 1 N–H and O–H groups in total. The van der Waals surface area contributed by atoms with Crippen molar-refractivity contribution in [1.82, 2.24) is 9.55 Å². The first-order valence-electron chi connectivity index (χ1n) is 9.50. The van der Waals surface area contributed by atoms with E-state index in [1.54, 1.807) is 12.3 Å². The second-order valence-corrected chi connectivity index (χ2v) is 8.02. The van der Waals surface area contributed by atoms with Crippen LogP contribution < -0.4 is 10.9 Å². The van der Waals surface area contributed by atoms with Crippen LogP contribution >= 0.6 is 11.3 Å². The van der Waals surface area contributed by atoms with Gasteiger partial charge in [0.2, 0.25) is 0 Å². The molecule has 0 aliphatic heterocycles. The molecule has 0 aliphatic carbocycles. The van der Waals surface area contributed by atoms with Crippen LogP contribution in [-0.4, -0.2) is 15.5 Å². The Morgan fingerprint density at radius 2 is 2.00 bits per heavy atom. The van der Waals surface area contributed by atoms with Gasteiger partial charge in [0.1, 0.15) is 17.1 Å². The highest BCUT2D eigenvalue weighted by molar-refractivity contribution is 7.14. The standard InChI is InChI=1S/C23H21N3O3S/c1-14-6-4-7-17(10-14)12-26-9-5-8-18(22(26)28)21(27)25-23-24-20(13-30-23)19-11-15(2)29-16(19)3/h4-11,13H,12H2,1-3H3,(H,24,25,27). The second kappa shape index (κ2) is 8.12. The predicted molar refractivity (Wildman–Crippen MR) is 118 cm³/mol. The number of rotatable bonds is 5. The zero-order chi connectivity index (χ0) is 21.3. The summed E-state index contributed by atoms with van der Waals surface area (Å²) in [6.45, 7) is 6.16. The van der Waals surface area contributed by atoms with Crippen molar-refractivity contribution < 1.29 is 9.21 Å². The monoisotopic (exact) mass is 419 g/mol. The van der Waals surface area contributed by atoms with Crippen molar-refractivity contribution in [3.63, 3.8) is 0 Å². The third-order valence-corrected chi connectivity index (χ3v) is 5.50. The maximum atomic E-state index is 12.8. The van der Waals surface area contributed by atoms with Crippen LogP contribution in [0.3, 0.4) is 0 Å². The Labute approximate surface area is 177 Å². The van der Waals surface area contributed by atoms with Gasteiger partial charge in [0.25, 0.3) is 11.5 Å². The van der Waals surface area contributed by atoms with Crippen LogP contribution in [0.4, 0.5) is 5.13 Å². The van der Waals surface area contributed by atoms with Crippen LogP contribution in [0.15, 0.2) is 63.3 Å². The predicted octanol–water partition coefficient (Wildman–Crippen LogP) is 4.79. The summed E-state index contributed by atoms with van der Waals surface area (Å²) < 4.78 is 7.08.